The molecule has 2 aromatic carbocycles. The highest BCUT2D eigenvalue weighted by Crippen LogP contribution is 2.21. The summed E-state index contributed by atoms with van der Waals surface area (Å²) in [5, 5.41) is 7.69. The third-order valence-electron chi connectivity index (χ3n) is 3.95. The van der Waals surface area contributed by atoms with Crippen molar-refractivity contribution in [2.45, 2.75) is 26.3 Å². The van der Waals surface area contributed by atoms with Gasteiger partial charge in [0.2, 0.25) is 5.91 Å². The second-order valence-corrected chi connectivity index (χ2v) is 6.27. The van der Waals surface area contributed by atoms with Gasteiger partial charge in [0.15, 0.2) is 0 Å². The lowest BCUT2D eigenvalue weighted by Crippen LogP contribution is -2.55. The quantitative estimate of drug-likeness (QED) is 0.857. The van der Waals surface area contributed by atoms with Crippen LogP contribution >= 0.6 is 0 Å². The van der Waals surface area contributed by atoms with Crippen LogP contribution in [0, 0.1) is 5.92 Å². The maximum atomic E-state index is 12.3. The Bertz CT molecular complexity index is 788. The van der Waals surface area contributed by atoms with Crippen molar-refractivity contribution in [2.75, 3.05) is 0 Å². The third kappa shape index (κ3) is 3.26. The van der Waals surface area contributed by atoms with Crippen LogP contribution < -0.4 is 10.6 Å². The van der Waals surface area contributed by atoms with Gasteiger partial charge in [-0.25, -0.2) is 0 Å². The molecule has 0 spiro atoms. The fourth-order valence-electron chi connectivity index (χ4n) is 2.85. The van der Waals surface area contributed by atoms with E-state index in [0.717, 1.165) is 16.3 Å². The minimum absolute atomic E-state index is 0.148. The molecule has 2 aromatic rings. The minimum Gasteiger partial charge on any atom is -0.339 e. The second-order valence-electron chi connectivity index (χ2n) is 6.27. The normalized spacial score (nSPS) is 20.0. The molecule has 0 radical (unpaired) electrons. The van der Waals surface area contributed by atoms with Crippen molar-refractivity contribution in [2.24, 2.45) is 5.92 Å². The van der Waals surface area contributed by atoms with Crippen LogP contribution in [-0.4, -0.2) is 17.9 Å². The molecular formula is C19H20N2O2. The average Bonchev–Trinajstić information content (AvgIpc) is 2.52. The zero-order valence-corrected chi connectivity index (χ0v) is 13.3. The number of nitrogens with one attached hydrogen (secondary N) is 2. The van der Waals surface area contributed by atoms with E-state index in [0.29, 0.717) is 18.0 Å². The number of benzene rings is 2. The van der Waals surface area contributed by atoms with Gasteiger partial charge in [0, 0.05) is 0 Å². The lowest BCUT2D eigenvalue weighted by molar-refractivity contribution is -0.131. The highest BCUT2D eigenvalue weighted by molar-refractivity contribution is 6.08. The van der Waals surface area contributed by atoms with Crippen molar-refractivity contribution in [3.05, 3.63) is 53.7 Å². The number of amides is 2. The van der Waals surface area contributed by atoms with E-state index in [4.69, 9.17) is 0 Å². The van der Waals surface area contributed by atoms with Crippen LogP contribution in [0.2, 0.25) is 0 Å². The molecule has 1 aliphatic rings. The first-order valence-electron chi connectivity index (χ1n) is 7.86. The summed E-state index contributed by atoms with van der Waals surface area (Å²) in [6.45, 7) is 4.06. The fourth-order valence-corrected chi connectivity index (χ4v) is 2.85. The van der Waals surface area contributed by atoms with E-state index in [-0.39, 0.29) is 11.8 Å². The van der Waals surface area contributed by atoms with Gasteiger partial charge >= 0.3 is 0 Å². The average molecular weight is 308 g/mol. The van der Waals surface area contributed by atoms with Gasteiger partial charge in [-0.2, -0.15) is 0 Å². The predicted octanol–water partition coefficient (Wildman–Crippen LogP) is 2.84. The maximum absolute atomic E-state index is 12.3. The minimum atomic E-state index is -0.452. The van der Waals surface area contributed by atoms with Gasteiger partial charge in [0.25, 0.3) is 5.91 Å². The van der Waals surface area contributed by atoms with Crippen LogP contribution in [0.3, 0.4) is 0 Å². The Balaban J connectivity index is 1.91. The number of fused-ring (bicyclic) bond motifs is 1. The first-order valence-corrected chi connectivity index (χ1v) is 7.86. The molecule has 2 amide bonds. The smallest absolute Gasteiger partial charge is 0.268 e. The van der Waals surface area contributed by atoms with E-state index >= 15 is 0 Å². The highest BCUT2D eigenvalue weighted by atomic mass is 16.2. The topological polar surface area (TPSA) is 58.2 Å². The molecular weight excluding hydrogens is 288 g/mol. The molecule has 0 saturated carbocycles. The Kier molecular flexibility index (Phi) is 4.15. The second kappa shape index (κ2) is 6.24. The van der Waals surface area contributed by atoms with Gasteiger partial charge in [-0.3, -0.25) is 9.59 Å². The number of hydrogen-bond donors (Lipinski definition) is 2. The fraction of sp³-hybridized carbons (Fsp3) is 0.263. The largest absolute Gasteiger partial charge is 0.339 e. The molecule has 0 unspecified atom stereocenters. The number of carbonyl (C=O) groups excluding carboxylic acids is 2. The Morgan fingerprint density at radius 2 is 1.83 bits per heavy atom. The number of hydrogen-bond acceptors (Lipinski definition) is 2. The SMILES string of the molecule is CC(C)C[C@H]1NC(=O)C(=Cc2cccc3ccccc23)NC1=O. The van der Waals surface area contributed by atoms with E-state index in [9.17, 15) is 9.59 Å². The molecule has 1 aliphatic heterocycles. The van der Waals surface area contributed by atoms with E-state index in [1.807, 2.05) is 56.3 Å². The summed E-state index contributed by atoms with van der Waals surface area (Å²) >= 11 is 0. The predicted molar refractivity (Wildman–Crippen MR) is 91.5 cm³/mol. The summed E-state index contributed by atoms with van der Waals surface area (Å²) in [4.78, 5) is 24.5. The number of rotatable bonds is 3. The van der Waals surface area contributed by atoms with E-state index in [1.54, 1.807) is 6.08 Å². The monoisotopic (exact) mass is 308 g/mol. The Morgan fingerprint density at radius 1 is 1.09 bits per heavy atom. The van der Waals surface area contributed by atoms with Crippen molar-refractivity contribution >= 4 is 28.7 Å². The van der Waals surface area contributed by atoms with Crippen LogP contribution in [0.15, 0.2) is 48.2 Å². The molecule has 0 aromatic heterocycles. The van der Waals surface area contributed by atoms with Gasteiger partial charge in [-0.05, 0) is 34.8 Å². The first kappa shape index (κ1) is 15.3. The number of carbonyl (C=O) groups is 2. The van der Waals surface area contributed by atoms with Crippen molar-refractivity contribution in [3.63, 3.8) is 0 Å². The summed E-state index contributed by atoms with van der Waals surface area (Å²) in [7, 11) is 0. The summed E-state index contributed by atoms with van der Waals surface area (Å²) in [5.74, 6) is -0.0392. The first-order chi connectivity index (χ1) is 11.0. The molecule has 1 fully saturated rings. The third-order valence-corrected chi connectivity index (χ3v) is 3.95. The van der Waals surface area contributed by atoms with Gasteiger partial charge in [-0.1, -0.05) is 56.3 Å². The maximum Gasteiger partial charge on any atom is 0.268 e. The van der Waals surface area contributed by atoms with Crippen molar-refractivity contribution in [3.8, 4) is 0 Å². The lowest BCUT2D eigenvalue weighted by Gasteiger charge is -2.26. The zero-order chi connectivity index (χ0) is 16.4. The van der Waals surface area contributed by atoms with Gasteiger partial charge in [-0.15, -0.1) is 0 Å². The van der Waals surface area contributed by atoms with Crippen LogP contribution in [0.4, 0.5) is 0 Å². The summed E-state index contributed by atoms with van der Waals surface area (Å²) in [5.41, 5.74) is 1.21. The Morgan fingerprint density at radius 3 is 2.61 bits per heavy atom. The van der Waals surface area contributed by atoms with Crippen molar-refractivity contribution in [1.82, 2.24) is 10.6 Å². The molecule has 3 rings (SSSR count). The van der Waals surface area contributed by atoms with Crippen molar-refractivity contribution in [1.29, 1.82) is 0 Å². The van der Waals surface area contributed by atoms with E-state index in [1.165, 1.54) is 0 Å². The highest BCUT2D eigenvalue weighted by Gasteiger charge is 2.30. The van der Waals surface area contributed by atoms with E-state index < -0.39 is 6.04 Å². The van der Waals surface area contributed by atoms with Crippen LogP contribution in [0.1, 0.15) is 25.8 Å². The van der Waals surface area contributed by atoms with Gasteiger partial charge < -0.3 is 10.6 Å². The van der Waals surface area contributed by atoms with Crippen molar-refractivity contribution < 1.29 is 9.59 Å². The lowest BCUT2D eigenvalue weighted by atomic mass is 10.00. The molecule has 1 saturated heterocycles. The molecule has 2 N–H and O–H groups in total. The number of piperazine rings is 1. The van der Waals surface area contributed by atoms with Crippen LogP contribution in [0.25, 0.3) is 16.8 Å². The molecule has 0 bridgehead atoms. The van der Waals surface area contributed by atoms with Crippen LogP contribution in [0.5, 0.6) is 0 Å². The Labute approximate surface area is 135 Å². The Hall–Kier alpha value is -2.62. The van der Waals surface area contributed by atoms with Gasteiger partial charge in [0.1, 0.15) is 11.7 Å². The molecule has 23 heavy (non-hydrogen) atoms. The molecule has 0 aliphatic carbocycles. The molecule has 1 atom stereocenters. The summed E-state index contributed by atoms with van der Waals surface area (Å²) in [6, 6.07) is 13.4. The standard InChI is InChI=1S/C19H20N2O2/c1-12(2)10-16-18(22)21-17(19(23)20-16)11-14-8-5-7-13-6-3-4-9-15(13)14/h3-9,11-12,16H,10H2,1-2H3,(H,20,23)(H,21,22)/t16-/m1/s1. The van der Waals surface area contributed by atoms with E-state index in [2.05, 4.69) is 10.6 Å². The van der Waals surface area contributed by atoms with Crippen LogP contribution in [-0.2, 0) is 9.59 Å². The summed E-state index contributed by atoms with van der Waals surface area (Å²) < 4.78 is 0. The molecule has 118 valence electrons. The summed E-state index contributed by atoms with van der Waals surface area (Å²) in [6.07, 6.45) is 2.38. The molecule has 1 heterocycles. The molecule has 4 heteroatoms. The van der Waals surface area contributed by atoms with Gasteiger partial charge in [0.05, 0.1) is 0 Å². The molecule has 4 nitrogen and oxygen atoms in total. The zero-order valence-electron chi connectivity index (χ0n) is 13.3.